The molecule has 164 valence electrons. The van der Waals surface area contributed by atoms with Crippen molar-refractivity contribution in [2.24, 2.45) is 0 Å². The van der Waals surface area contributed by atoms with Crippen LogP contribution in [0.2, 0.25) is 0 Å². The largest absolute Gasteiger partial charge is 0.324 e. The van der Waals surface area contributed by atoms with E-state index in [1.165, 1.54) is 0 Å². The van der Waals surface area contributed by atoms with Crippen molar-refractivity contribution >= 4 is 33.9 Å². The van der Waals surface area contributed by atoms with Crippen LogP contribution < -0.4 is 5.32 Å². The Morgan fingerprint density at radius 1 is 0.882 bits per heavy atom. The van der Waals surface area contributed by atoms with Gasteiger partial charge in [0.05, 0.1) is 11.2 Å². The Labute approximate surface area is 199 Å². The molecule has 9 heteroatoms. The van der Waals surface area contributed by atoms with Gasteiger partial charge in [-0.1, -0.05) is 12.1 Å². The van der Waals surface area contributed by atoms with E-state index >= 15 is 0 Å². The lowest BCUT2D eigenvalue weighted by molar-refractivity contribution is 0.882. The Morgan fingerprint density at radius 2 is 1.79 bits per heavy atom. The van der Waals surface area contributed by atoms with Crippen molar-refractivity contribution in [3.63, 3.8) is 0 Å². The number of anilines is 2. The van der Waals surface area contributed by atoms with Gasteiger partial charge in [-0.3, -0.25) is 4.98 Å². The van der Waals surface area contributed by atoms with Crippen molar-refractivity contribution in [1.29, 1.82) is 0 Å². The summed E-state index contributed by atoms with van der Waals surface area (Å²) in [5.74, 6) is 1.16. The molecule has 0 saturated carbocycles. The van der Waals surface area contributed by atoms with Crippen LogP contribution in [0, 0.1) is 6.92 Å². The minimum Gasteiger partial charge on any atom is -0.324 e. The molecular weight excluding hydrogens is 444 g/mol. The van der Waals surface area contributed by atoms with Gasteiger partial charge in [-0.15, -0.1) is 16.4 Å². The number of benzene rings is 2. The number of para-hydroxylation sites is 1. The fraction of sp³-hybridized carbons (Fsp3) is 0.0400. The first-order valence-corrected chi connectivity index (χ1v) is 11.5. The van der Waals surface area contributed by atoms with Gasteiger partial charge in [-0.2, -0.15) is 0 Å². The second kappa shape index (κ2) is 8.45. The lowest BCUT2D eigenvalue weighted by Crippen LogP contribution is -1.99. The molecule has 2 aromatic carbocycles. The maximum absolute atomic E-state index is 4.76. The van der Waals surface area contributed by atoms with E-state index < -0.39 is 0 Å². The molecule has 4 heterocycles. The van der Waals surface area contributed by atoms with Crippen LogP contribution in [0.3, 0.4) is 0 Å². The van der Waals surface area contributed by atoms with Crippen molar-refractivity contribution in [1.82, 2.24) is 34.7 Å². The van der Waals surface area contributed by atoms with E-state index in [1.54, 1.807) is 34.7 Å². The zero-order chi connectivity index (χ0) is 22.9. The zero-order valence-electron chi connectivity index (χ0n) is 18.1. The standard InChI is InChI=1S/C25H18N8S/c1-16-5-6-18(14-27-16)23-29-15-33(32-23)20-9-7-19(8-10-20)30-25-28-13-17-3-2-4-21(22(17)31-25)24-26-11-12-34-24/h2-15H,1H3,(H,28,30,31). The topological polar surface area (TPSA) is 94.3 Å². The second-order valence-electron chi connectivity index (χ2n) is 7.65. The van der Waals surface area contributed by atoms with Crippen LogP contribution in [-0.2, 0) is 0 Å². The molecule has 6 rings (SSSR count). The van der Waals surface area contributed by atoms with Crippen LogP contribution in [0.4, 0.5) is 11.6 Å². The van der Waals surface area contributed by atoms with Crippen LogP contribution in [0.1, 0.15) is 5.69 Å². The average Bonchev–Trinajstić information content (AvgIpc) is 3.58. The number of hydrogen-bond acceptors (Lipinski definition) is 8. The third-order valence-corrected chi connectivity index (χ3v) is 6.13. The third-order valence-electron chi connectivity index (χ3n) is 5.32. The molecule has 0 fully saturated rings. The molecule has 0 amide bonds. The Kier molecular flexibility index (Phi) is 5.00. The highest BCUT2D eigenvalue weighted by atomic mass is 32.1. The van der Waals surface area contributed by atoms with Gasteiger partial charge >= 0.3 is 0 Å². The molecule has 0 spiro atoms. The molecule has 1 N–H and O–H groups in total. The molecule has 0 bridgehead atoms. The number of nitrogens with zero attached hydrogens (tertiary/aromatic N) is 7. The average molecular weight is 463 g/mol. The van der Waals surface area contributed by atoms with E-state index in [-0.39, 0.29) is 0 Å². The predicted octanol–water partition coefficient (Wildman–Crippen LogP) is 5.45. The summed E-state index contributed by atoms with van der Waals surface area (Å²) >= 11 is 1.59. The van der Waals surface area contributed by atoms with Gasteiger partial charge in [0, 0.05) is 51.9 Å². The van der Waals surface area contributed by atoms with Crippen LogP contribution in [-0.4, -0.2) is 34.7 Å². The fourth-order valence-corrected chi connectivity index (χ4v) is 4.26. The Bertz CT molecular complexity index is 1570. The maximum Gasteiger partial charge on any atom is 0.227 e. The molecule has 0 saturated heterocycles. The molecule has 8 nitrogen and oxygen atoms in total. The first-order chi connectivity index (χ1) is 16.7. The van der Waals surface area contributed by atoms with E-state index in [0.717, 1.165) is 44.1 Å². The first kappa shape index (κ1) is 20.1. The van der Waals surface area contributed by atoms with Gasteiger partial charge in [0.25, 0.3) is 0 Å². The molecule has 0 aliphatic carbocycles. The molecule has 4 aromatic heterocycles. The van der Waals surface area contributed by atoms with Gasteiger partial charge in [0.2, 0.25) is 5.95 Å². The molecule has 0 unspecified atom stereocenters. The van der Waals surface area contributed by atoms with Crippen LogP contribution in [0.25, 0.3) is 38.5 Å². The minimum atomic E-state index is 0.527. The zero-order valence-corrected chi connectivity index (χ0v) is 18.9. The number of thiazole rings is 1. The number of aryl methyl sites for hydroxylation is 1. The molecule has 0 aliphatic heterocycles. The monoisotopic (exact) mass is 462 g/mol. The molecule has 6 aromatic rings. The van der Waals surface area contributed by atoms with E-state index in [4.69, 9.17) is 4.98 Å². The van der Waals surface area contributed by atoms with Crippen molar-refractivity contribution in [3.8, 4) is 27.6 Å². The molecule has 0 radical (unpaired) electrons. The highest BCUT2D eigenvalue weighted by Gasteiger charge is 2.10. The van der Waals surface area contributed by atoms with Gasteiger partial charge < -0.3 is 5.32 Å². The van der Waals surface area contributed by atoms with Crippen LogP contribution in [0.5, 0.6) is 0 Å². The lowest BCUT2D eigenvalue weighted by atomic mass is 10.1. The summed E-state index contributed by atoms with van der Waals surface area (Å²) in [6, 6.07) is 17.8. The smallest absolute Gasteiger partial charge is 0.227 e. The van der Waals surface area contributed by atoms with Gasteiger partial charge in [0.15, 0.2) is 5.82 Å². The van der Waals surface area contributed by atoms with E-state index in [1.807, 2.05) is 73.1 Å². The lowest BCUT2D eigenvalue weighted by Gasteiger charge is -2.08. The number of aromatic nitrogens is 7. The SMILES string of the molecule is Cc1ccc(-c2ncn(-c3ccc(Nc4ncc5cccc(-c6nccs6)c5n4)cc3)n2)cn1. The van der Waals surface area contributed by atoms with E-state index in [0.29, 0.717) is 11.8 Å². The molecule has 0 atom stereocenters. The highest BCUT2D eigenvalue weighted by molar-refractivity contribution is 7.13. The normalized spacial score (nSPS) is 11.1. The van der Waals surface area contributed by atoms with Gasteiger partial charge in [0.1, 0.15) is 11.3 Å². The van der Waals surface area contributed by atoms with Crippen molar-refractivity contribution < 1.29 is 0 Å². The van der Waals surface area contributed by atoms with E-state index in [2.05, 4.69) is 30.4 Å². The Morgan fingerprint density at radius 3 is 2.59 bits per heavy atom. The fourth-order valence-electron chi connectivity index (χ4n) is 3.59. The quantitative estimate of drug-likeness (QED) is 0.364. The number of rotatable bonds is 5. The molecule has 0 aliphatic rings. The maximum atomic E-state index is 4.76. The Hall–Kier alpha value is -4.50. The minimum absolute atomic E-state index is 0.527. The summed E-state index contributed by atoms with van der Waals surface area (Å²) in [6.07, 6.45) is 7.11. The predicted molar refractivity (Wildman–Crippen MR) is 133 cm³/mol. The highest BCUT2D eigenvalue weighted by Crippen LogP contribution is 2.29. The third kappa shape index (κ3) is 3.89. The van der Waals surface area contributed by atoms with Gasteiger partial charge in [-0.05, 0) is 49.4 Å². The summed E-state index contributed by atoms with van der Waals surface area (Å²) in [5.41, 5.74) is 5.48. The first-order valence-electron chi connectivity index (χ1n) is 10.6. The van der Waals surface area contributed by atoms with Crippen molar-refractivity contribution in [2.75, 3.05) is 5.32 Å². The number of hydrogen-bond donors (Lipinski definition) is 1. The van der Waals surface area contributed by atoms with Crippen molar-refractivity contribution in [3.05, 3.63) is 90.6 Å². The number of fused-ring (bicyclic) bond motifs is 1. The van der Waals surface area contributed by atoms with Gasteiger partial charge in [-0.25, -0.2) is 24.6 Å². The summed E-state index contributed by atoms with van der Waals surface area (Å²) in [7, 11) is 0. The molecule has 34 heavy (non-hydrogen) atoms. The second-order valence-corrected chi connectivity index (χ2v) is 8.54. The summed E-state index contributed by atoms with van der Waals surface area (Å²) in [5, 5.41) is 11.7. The van der Waals surface area contributed by atoms with Crippen LogP contribution in [0.15, 0.2) is 84.9 Å². The number of nitrogens with one attached hydrogen (secondary N) is 1. The summed E-state index contributed by atoms with van der Waals surface area (Å²) in [4.78, 5) is 22.4. The number of pyridine rings is 1. The van der Waals surface area contributed by atoms with Crippen LogP contribution >= 0.6 is 11.3 Å². The van der Waals surface area contributed by atoms with E-state index in [9.17, 15) is 0 Å². The molecular formula is C25H18N8S. The summed E-state index contributed by atoms with van der Waals surface area (Å²) in [6.45, 7) is 1.95. The Balaban J connectivity index is 1.24. The van der Waals surface area contributed by atoms with Crippen molar-refractivity contribution in [2.45, 2.75) is 6.92 Å². The summed E-state index contributed by atoms with van der Waals surface area (Å²) < 4.78 is 1.74.